The molecule has 6 N–H and O–H groups in total. The summed E-state index contributed by atoms with van der Waals surface area (Å²) in [6, 6.07) is 0. The van der Waals surface area contributed by atoms with Crippen LogP contribution in [0.5, 0.6) is 0 Å². The molecule has 13 heteroatoms. The van der Waals surface area contributed by atoms with Crippen molar-refractivity contribution in [3.63, 3.8) is 0 Å². The van der Waals surface area contributed by atoms with E-state index in [1.54, 1.807) is 0 Å². The number of allylic oxidation sites excluding steroid dienone is 6. The van der Waals surface area contributed by atoms with Gasteiger partial charge in [-0.2, -0.15) is 0 Å². The van der Waals surface area contributed by atoms with Crippen LogP contribution in [0.4, 0.5) is 0 Å². The van der Waals surface area contributed by atoms with Crippen molar-refractivity contribution < 1.29 is 58.3 Å². The number of phosphoric ester groups is 1. The topological polar surface area (TPSA) is 192 Å². The van der Waals surface area contributed by atoms with Gasteiger partial charge in [-0.15, -0.1) is 0 Å². The molecule has 0 amide bonds. The maximum atomic E-state index is 12.9. The van der Waals surface area contributed by atoms with Crippen LogP contribution < -0.4 is 0 Å². The van der Waals surface area contributed by atoms with Gasteiger partial charge in [0.05, 0.1) is 13.2 Å². The van der Waals surface area contributed by atoms with Crippen molar-refractivity contribution in [2.75, 3.05) is 19.8 Å². The molecule has 0 aromatic carbocycles. The summed E-state index contributed by atoms with van der Waals surface area (Å²) in [7, 11) is -5.03. The van der Waals surface area contributed by atoms with Crippen LogP contribution in [-0.2, 0) is 27.9 Å². The summed E-state index contributed by atoms with van der Waals surface area (Å²) in [6.45, 7) is 4.28. The summed E-state index contributed by atoms with van der Waals surface area (Å²) in [4.78, 5) is 23.3. The fourth-order valence-corrected chi connectivity index (χ4v) is 9.40. The summed E-state index contributed by atoms with van der Waals surface area (Å²) in [5.41, 5.74) is 0. The van der Waals surface area contributed by atoms with Crippen molar-refractivity contribution in [3.05, 3.63) is 36.5 Å². The molecule has 0 spiro atoms. The SMILES string of the molecule is CCCCCCC/C=C\C/C=C\C/C=C\CCCCCCCCC(=O)OC(COCCCCCCCCCCCCCCCCCCCCC)COP(=O)(O)OC1C(O)C(O)C(O)C(O)C1O. The van der Waals surface area contributed by atoms with Crippen LogP contribution in [0.3, 0.4) is 0 Å². The Bertz CT molecular complexity index is 1250. The summed E-state index contributed by atoms with van der Waals surface area (Å²) in [5.74, 6) is -0.485. The maximum Gasteiger partial charge on any atom is 0.472 e. The van der Waals surface area contributed by atoms with E-state index in [1.807, 2.05) is 0 Å². The normalized spacial score (nSPS) is 21.5. The average Bonchev–Trinajstić information content (AvgIpc) is 3.31. The van der Waals surface area contributed by atoms with Crippen LogP contribution in [-0.4, -0.2) is 98.9 Å². The second-order valence-corrected chi connectivity index (χ2v) is 20.5. The van der Waals surface area contributed by atoms with Crippen molar-refractivity contribution in [1.82, 2.24) is 0 Å². The van der Waals surface area contributed by atoms with E-state index in [0.717, 1.165) is 70.6 Å². The molecule has 6 atom stereocenters. The molecule has 0 radical (unpaired) electrons. The van der Waals surface area contributed by atoms with Gasteiger partial charge >= 0.3 is 13.8 Å². The lowest BCUT2D eigenvalue weighted by atomic mass is 9.85. The molecule has 1 rings (SSSR count). The minimum absolute atomic E-state index is 0.0789. The van der Waals surface area contributed by atoms with Gasteiger partial charge in [-0.25, -0.2) is 4.57 Å². The molecule has 1 saturated carbocycles. The lowest BCUT2D eigenvalue weighted by molar-refractivity contribution is -0.220. The van der Waals surface area contributed by atoms with Crippen molar-refractivity contribution in [2.45, 2.75) is 281 Å². The summed E-state index contributed by atoms with van der Waals surface area (Å²) in [6.07, 6.45) is 42.1. The van der Waals surface area contributed by atoms with Gasteiger partial charge in [-0.05, 0) is 51.4 Å². The lowest BCUT2D eigenvalue weighted by Gasteiger charge is -2.41. The quantitative estimate of drug-likeness (QED) is 0.0147. The standard InChI is InChI=1S/C54H101O12P/c1-3-5-7-9-11-13-15-17-19-21-23-24-25-27-29-31-33-35-37-39-41-43-48(55)65-47(46-64-67(61,62)66-54-52(59)50(57)49(56)51(58)53(54)60)45-63-44-42-40-38-36-34-32-30-28-26-22-20-18-16-14-12-10-8-6-4-2/h15,17,21,23,25,27,47,49-54,56-60H,3-14,16,18-20,22,24,26,28-46H2,1-2H3,(H,61,62)/b17-15-,23-21-,27-25-. The zero-order valence-corrected chi connectivity index (χ0v) is 43.4. The number of carbonyl (C=O) groups excluding carboxylic acids is 1. The van der Waals surface area contributed by atoms with Gasteiger partial charge in [0.1, 0.15) is 42.7 Å². The number of phosphoric acid groups is 1. The van der Waals surface area contributed by atoms with E-state index >= 15 is 0 Å². The number of aliphatic hydroxyl groups is 5. The first kappa shape index (κ1) is 63.6. The molecular weight excluding hydrogens is 872 g/mol. The Morgan fingerprint density at radius 1 is 0.478 bits per heavy atom. The molecule has 67 heavy (non-hydrogen) atoms. The Labute approximate surface area is 408 Å². The number of hydrogen-bond donors (Lipinski definition) is 6. The Balaban J connectivity index is 2.33. The number of carbonyl (C=O) groups is 1. The summed E-state index contributed by atoms with van der Waals surface area (Å²) < 4.78 is 34.3. The smallest absolute Gasteiger partial charge is 0.457 e. The number of hydrogen-bond acceptors (Lipinski definition) is 11. The molecule has 6 unspecified atom stereocenters. The average molecular weight is 973 g/mol. The van der Waals surface area contributed by atoms with E-state index in [4.69, 9.17) is 18.5 Å². The number of esters is 1. The highest BCUT2D eigenvalue weighted by Crippen LogP contribution is 2.47. The first-order valence-corrected chi connectivity index (χ1v) is 28.8. The molecular formula is C54H101O12P. The lowest BCUT2D eigenvalue weighted by Crippen LogP contribution is -2.64. The van der Waals surface area contributed by atoms with Crippen LogP contribution in [0.15, 0.2) is 36.5 Å². The van der Waals surface area contributed by atoms with Crippen LogP contribution in [0.25, 0.3) is 0 Å². The number of aliphatic hydroxyl groups excluding tert-OH is 5. The van der Waals surface area contributed by atoms with E-state index in [1.165, 1.54) is 141 Å². The molecule has 0 saturated heterocycles. The maximum absolute atomic E-state index is 12.9. The minimum Gasteiger partial charge on any atom is -0.457 e. The second kappa shape index (κ2) is 44.5. The van der Waals surface area contributed by atoms with E-state index < -0.39 is 63.1 Å². The number of rotatable bonds is 47. The molecule has 1 aliphatic rings. The predicted octanol–water partition coefficient (Wildman–Crippen LogP) is 12.6. The molecule has 1 aliphatic carbocycles. The first-order chi connectivity index (χ1) is 32.5. The molecule has 0 heterocycles. The summed E-state index contributed by atoms with van der Waals surface area (Å²) >= 11 is 0. The van der Waals surface area contributed by atoms with Gasteiger partial charge in [-0.1, -0.05) is 217 Å². The summed E-state index contributed by atoms with van der Waals surface area (Å²) in [5, 5.41) is 50.4. The third-order valence-electron chi connectivity index (χ3n) is 12.8. The van der Waals surface area contributed by atoms with E-state index in [2.05, 4.69) is 50.3 Å². The van der Waals surface area contributed by atoms with Crippen molar-refractivity contribution in [1.29, 1.82) is 0 Å². The zero-order valence-electron chi connectivity index (χ0n) is 42.5. The highest BCUT2D eigenvalue weighted by Gasteiger charge is 2.51. The van der Waals surface area contributed by atoms with Gasteiger partial charge in [-0.3, -0.25) is 13.8 Å². The molecule has 12 nitrogen and oxygen atoms in total. The van der Waals surface area contributed by atoms with Crippen LogP contribution >= 0.6 is 7.82 Å². The molecule has 0 aromatic heterocycles. The van der Waals surface area contributed by atoms with Crippen LogP contribution in [0, 0.1) is 0 Å². The molecule has 1 fully saturated rings. The van der Waals surface area contributed by atoms with Crippen molar-refractivity contribution >= 4 is 13.8 Å². The largest absolute Gasteiger partial charge is 0.472 e. The Morgan fingerprint density at radius 3 is 1.27 bits per heavy atom. The minimum atomic E-state index is -5.03. The molecule has 0 aromatic rings. The molecule has 0 bridgehead atoms. The number of ether oxygens (including phenoxy) is 2. The first-order valence-electron chi connectivity index (χ1n) is 27.3. The monoisotopic (exact) mass is 973 g/mol. The van der Waals surface area contributed by atoms with Gasteiger partial charge in [0.15, 0.2) is 0 Å². The predicted molar refractivity (Wildman–Crippen MR) is 272 cm³/mol. The zero-order chi connectivity index (χ0) is 49.1. The van der Waals surface area contributed by atoms with E-state index in [-0.39, 0.29) is 13.0 Å². The fraction of sp³-hybridized carbons (Fsp3) is 0.870. The van der Waals surface area contributed by atoms with E-state index in [0.29, 0.717) is 13.0 Å². The van der Waals surface area contributed by atoms with Crippen LogP contribution in [0.2, 0.25) is 0 Å². The van der Waals surface area contributed by atoms with Gasteiger partial charge < -0.3 is 39.9 Å². The highest BCUT2D eigenvalue weighted by molar-refractivity contribution is 7.47. The Morgan fingerprint density at radius 2 is 0.836 bits per heavy atom. The van der Waals surface area contributed by atoms with Gasteiger partial charge in [0, 0.05) is 13.0 Å². The second-order valence-electron chi connectivity index (χ2n) is 19.1. The van der Waals surface area contributed by atoms with Gasteiger partial charge in [0.2, 0.25) is 0 Å². The fourth-order valence-electron chi connectivity index (χ4n) is 8.42. The van der Waals surface area contributed by atoms with Crippen molar-refractivity contribution in [2.24, 2.45) is 0 Å². The Hall–Kier alpha value is -1.44. The van der Waals surface area contributed by atoms with Crippen LogP contribution in [0.1, 0.15) is 239 Å². The molecule has 394 valence electrons. The molecule has 0 aliphatic heterocycles. The third-order valence-corrected chi connectivity index (χ3v) is 13.8. The van der Waals surface area contributed by atoms with E-state index in [9.17, 15) is 39.8 Å². The third kappa shape index (κ3) is 36.2. The van der Waals surface area contributed by atoms with Crippen molar-refractivity contribution in [3.8, 4) is 0 Å². The Kier molecular flexibility index (Phi) is 42.2. The number of unbranched alkanes of at least 4 members (excludes halogenated alkanes) is 29. The van der Waals surface area contributed by atoms with Gasteiger partial charge in [0.25, 0.3) is 0 Å². The highest BCUT2D eigenvalue weighted by atomic mass is 31.2.